The number of nitrogens with zero attached hydrogens (tertiary/aromatic N) is 1. The smallest absolute Gasteiger partial charge is 0.149 e. The van der Waals surface area contributed by atoms with Crippen LogP contribution in [0.5, 0.6) is 0 Å². The lowest BCUT2D eigenvalue weighted by atomic mass is 10.1. The highest BCUT2D eigenvalue weighted by Crippen LogP contribution is 2.19. The Hall–Kier alpha value is -1.55. The second kappa shape index (κ2) is 3.90. The fourth-order valence-electron chi connectivity index (χ4n) is 1.48. The predicted octanol–water partition coefficient (Wildman–Crippen LogP) is 2.01. The van der Waals surface area contributed by atoms with E-state index in [4.69, 9.17) is 5.73 Å². The van der Waals surface area contributed by atoms with Gasteiger partial charge in [0.1, 0.15) is 17.2 Å². The lowest BCUT2D eigenvalue weighted by Gasteiger charge is -2.03. The highest BCUT2D eigenvalue weighted by molar-refractivity contribution is 5.79. The summed E-state index contributed by atoms with van der Waals surface area (Å²) in [5, 5.41) is 0.204. The molecule has 1 heterocycles. The average molecular weight is 208 g/mol. The zero-order valence-electron chi connectivity index (χ0n) is 8.00. The SMILES string of the molecule is NCCc1ccc2c(F)ccc(F)c2n1. The summed E-state index contributed by atoms with van der Waals surface area (Å²) in [5.41, 5.74) is 6.11. The van der Waals surface area contributed by atoms with E-state index < -0.39 is 11.6 Å². The van der Waals surface area contributed by atoms with Gasteiger partial charge in [-0.3, -0.25) is 0 Å². The molecule has 1 aromatic carbocycles. The van der Waals surface area contributed by atoms with Gasteiger partial charge in [0.2, 0.25) is 0 Å². The normalized spacial score (nSPS) is 10.9. The van der Waals surface area contributed by atoms with Crippen molar-refractivity contribution >= 4 is 10.9 Å². The Kier molecular flexibility index (Phi) is 2.60. The average Bonchev–Trinajstić information content (AvgIpc) is 2.24. The van der Waals surface area contributed by atoms with Crippen LogP contribution in [-0.4, -0.2) is 11.5 Å². The molecule has 2 aromatic rings. The van der Waals surface area contributed by atoms with Crippen molar-refractivity contribution in [3.8, 4) is 0 Å². The Morgan fingerprint density at radius 2 is 1.80 bits per heavy atom. The number of halogens is 2. The van der Waals surface area contributed by atoms with E-state index in [1.807, 2.05) is 0 Å². The molecular formula is C11H10F2N2. The van der Waals surface area contributed by atoms with Crippen LogP contribution in [0.25, 0.3) is 10.9 Å². The highest BCUT2D eigenvalue weighted by atomic mass is 19.1. The van der Waals surface area contributed by atoms with Crippen LogP contribution in [0, 0.1) is 11.6 Å². The summed E-state index contributed by atoms with van der Waals surface area (Å²) in [6.07, 6.45) is 0.561. The summed E-state index contributed by atoms with van der Waals surface area (Å²) in [6, 6.07) is 5.38. The predicted molar refractivity (Wildman–Crippen MR) is 54.4 cm³/mol. The van der Waals surface area contributed by atoms with Gasteiger partial charge in [-0.05, 0) is 30.8 Å². The van der Waals surface area contributed by atoms with Gasteiger partial charge < -0.3 is 5.73 Å². The Morgan fingerprint density at radius 3 is 2.53 bits per heavy atom. The van der Waals surface area contributed by atoms with Crippen molar-refractivity contribution in [1.82, 2.24) is 4.98 Å². The molecule has 0 bridgehead atoms. The summed E-state index contributed by atoms with van der Waals surface area (Å²) >= 11 is 0. The van der Waals surface area contributed by atoms with Crippen LogP contribution in [0.1, 0.15) is 5.69 Å². The topological polar surface area (TPSA) is 38.9 Å². The van der Waals surface area contributed by atoms with Crippen molar-refractivity contribution in [2.75, 3.05) is 6.54 Å². The molecule has 0 saturated heterocycles. The Morgan fingerprint density at radius 1 is 1.07 bits per heavy atom. The summed E-state index contributed by atoms with van der Waals surface area (Å²) in [4.78, 5) is 4.03. The number of hydrogen-bond acceptors (Lipinski definition) is 2. The summed E-state index contributed by atoms with van der Waals surface area (Å²) < 4.78 is 26.6. The van der Waals surface area contributed by atoms with Crippen molar-refractivity contribution in [2.45, 2.75) is 6.42 Å². The zero-order valence-corrected chi connectivity index (χ0v) is 8.00. The van der Waals surface area contributed by atoms with Crippen molar-refractivity contribution < 1.29 is 8.78 Å². The van der Waals surface area contributed by atoms with Crippen LogP contribution in [-0.2, 0) is 6.42 Å². The molecule has 0 spiro atoms. The Labute approximate surface area is 85.7 Å². The van der Waals surface area contributed by atoms with Crippen molar-refractivity contribution in [1.29, 1.82) is 0 Å². The van der Waals surface area contributed by atoms with E-state index in [2.05, 4.69) is 4.98 Å². The summed E-state index contributed by atoms with van der Waals surface area (Å²) in [5.74, 6) is -0.969. The number of pyridine rings is 1. The monoisotopic (exact) mass is 208 g/mol. The Bertz CT molecular complexity index is 497. The minimum absolute atomic E-state index is 0.0703. The molecule has 0 atom stereocenters. The maximum absolute atomic E-state index is 13.3. The number of fused-ring (bicyclic) bond motifs is 1. The molecule has 2 nitrogen and oxygen atoms in total. The maximum Gasteiger partial charge on any atom is 0.149 e. The van der Waals surface area contributed by atoms with Gasteiger partial charge in [-0.1, -0.05) is 0 Å². The molecule has 4 heteroatoms. The van der Waals surface area contributed by atoms with Gasteiger partial charge in [-0.2, -0.15) is 0 Å². The molecular weight excluding hydrogens is 198 g/mol. The van der Waals surface area contributed by atoms with Gasteiger partial charge in [0.25, 0.3) is 0 Å². The zero-order chi connectivity index (χ0) is 10.8. The molecule has 2 N–H and O–H groups in total. The number of hydrogen-bond donors (Lipinski definition) is 1. The van der Waals surface area contributed by atoms with Crippen LogP contribution in [0.2, 0.25) is 0 Å². The molecule has 15 heavy (non-hydrogen) atoms. The first kappa shape index (κ1) is 9.98. The quantitative estimate of drug-likeness (QED) is 0.819. The Balaban J connectivity index is 2.65. The molecule has 0 fully saturated rings. The summed E-state index contributed by atoms with van der Waals surface area (Å²) in [7, 11) is 0. The van der Waals surface area contributed by atoms with Gasteiger partial charge >= 0.3 is 0 Å². The molecule has 1 aromatic heterocycles. The first-order valence-electron chi connectivity index (χ1n) is 4.66. The third-order valence-electron chi connectivity index (χ3n) is 2.21. The van der Waals surface area contributed by atoms with E-state index in [1.54, 1.807) is 6.07 Å². The first-order chi connectivity index (χ1) is 7.22. The third kappa shape index (κ3) is 1.80. The van der Waals surface area contributed by atoms with Crippen LogP contribution in [0.15, 0.2) is 24.3 Å². The van der Waals surface area contributed by atoms with Gasteiger partial charge in [-0.15, -0.1) is 0 Å². The molecule has 0 unspecified atom stereocenters. The molecule has 0 aliphatic carbocycles. The van der Waals surface area contributed by atoms with E-state index in [-0.39, 0.29) is 10.9 Å². The van der Waals surface area contributed by atoms with Crippen molar-refractivity contribution in [3.63, 3.8) is 0 Å². The van der Waals surface area contributed by atoms with E-state index in [0.29, 0.717) is 18.7 Å². The van der Waals surface area contributed by atoms with Crippen molar-refractivity contribution in [2.24, 2.45) is 5.73 Å². The molecule has 0 aliphatic heterocycles. The van der Waals surface area contributed by atoms with E-state index in [9.17, 15) is 8.78 Å². The van der Waals surface area contributed by atoms with E-state index >= 15 is 0 Å². The standard InChI is InChI=1S/C11H10F2N2/c12-9-3-4-10(13)11-8(9)2-1-7(15-11)5-6-14/h1-4H,5-6,14H2. The molecule has 0 saturated carbocycles. The molecule has 78 valence electrons. The highest BCUT2D eigenvalue weighted by Gasteiger charge is 2.07. The minimum Gasteiger partial charge on any atom is -0.330 e. The van der Waals surface area contributed by atoms with E-state index in [1.165, 1.54) is 6.07 Å². The molecule has 2 rings (SSSR count). The number of rotatable bonds is 2. The van der Waals surface area contributed by atoms with Crippen LogP contribution in [0.3, 0.4) is 0 Å². The lowest BCUT2D eigenvalue weighted by Crippen LogP contribution is -2.04. The maximum atomic E-state index is 13.3. The van der Waals surface area contributed by atoms with Gasteiger partial charge in [-0.25, -0.2) is 13.8 Å². The fraction of sp³-hybridized carbons (Fsp3) is 0.182. The lowest BCUT2D eigenvalue weighted by molar-refractivity contribution is 0.614. The number of benzene rings is 1. The van der Waals surface area contributed by atoms with Crippen LogP contribution in [0.4, 0.5) is 8.78 Å². The van der Waals surface area contributed by atoms with Crippen LogP contribution < -0.4 is 5.73 Å². The number of aromatic nitrogens is 1. The number of nitrogens with two attached hydrogens (primary N) is 1. The van der Waals surface area contributed by atoms with Gasteiger partial charge in [0.15, 0.2) is 0 Å². The second-order valence-electron chi connectivity index (χ2n) is 3.27. The molecule has 0 aliphatic rings. The largest absolute Gasteiger partial charge is 0.330 e. The van der Waals surface area contributed by atoms with Crippen LogP contribution >= 0.6 is 0 Å². The fourth-order valence-corrected chi connectivity index (χ4v) is 1.48. The third-order valence-corrected chi connectivity index (χ3v) is 2.21. The molecule has 0 amide bonds. The molecule has 0 radical (unpaired) electrons. The van der Waals surface area contributed by atoms with Crippen molar-refractivity contribution in [3.05, 3.63) is 41.6 Å². The second-order valence-corrected chi connectivity index (χ2v) is 3.27. The minimum atomic E-state index is -0.509. The van der Waals surface area contributed by atoms with Gasteiger partial charge in [0, 0.05) is 17.5 Å². The first-order valence-corrected chi connectivity index (χ1v) is 4.66. The summed E-state index contributed by atoms with van der Waals surface area (Å²) in [6.45, 7) is 0.440. The van der Waals surface area contributed by atoms with Gasteiger partial charge in [0.05, 0.1) is 0 Å². The van der Waals surface area contributed by atoms with E-state index in [0.717, 1.165) is 12.1 Å².